The number of piperazine rings is 1. The fraction of sp³-hybridized carbons (Fsp3) is 0.667. The van der Waals surface area contributed by atoms with Gasteiger partial charge in [0.15, 0.2) is 0 Å². The molecule has 2 bridgehead atoms. The molecule has 1 aliphatic heterocycles. The van der Waals surface area contributed by atoms with E-state index in [0.29, 0.717) is 12.8 Å². The van der Waals surface area contributed by atoms with Crippen molar-refractivity contribution in [2.24, 2.45) is 16.7 Å². The summed E-state index contributed by atoms with van der Waals surface area (Å²) in [4.78, 5) is 12.9. The van der Waals surface area contributed by atoms with Crippen molar-refractivity contribution in [1.29, 1.82) is 0 Å². The van der Waals surface area contributed by atoms with Crippen LogP contribution in [0.1, 0.15) is 38.7 Å². The lowest BCUT2D eigenvalue weighted by Gasteiger charge is -2.39. The minimum Gasteiger partial charge on any atom is -0.299 e. The zero-order chi connectivity index (χ0) is 21.9. The van der Waals surface area contributed by atoms with Crippen molar-refractivity contribution in [2.45, 2.75) is 44.9 Å². The third-order valence-electron chi connectivity index (χ3n) is 7.82. The van der Waals surface area contributed by atoms with Gasteiger partial charge in [0.05, 0.1) is 10.6 Å². The minimum atomic E-state index is -3.66. The summed E-state index contributed by atoms with van der Waals surface area (Å²) >= 11 is 0. The molecule has 166 valence electrons. The van der Waals surface area contributed by atoms with Crippen LogP contribution in [0.3, 0.4) is 0 Å². The first-order valence-electron chi connectivity index (χ1n) is 10.5. The smallest absolute Gasteiger partial charge is 0.243 e. The van der Waals surface area contributed by atoms with E-state index in [1.54, 1.807) is 24.3 Å². The predicted molar refractivity (Wildman–Crippen MR) is 114 cm³/mol. The van der Waals surface area contributed by atoms with Gasteiger partial charge in [0.25, 0.3) is 0 Å². The molecule has 4 rings (SSSR count). The molecule has 2 saturated carbocycles. The summed E-state index contributed by atoms with van der Waals surface area (Å²) in [6.07, 6.45) is 2.01. The molecule has 7 nitrogen and oxygen atoms in total. The second kappa shape index (κ2) is 7.12. The number of sulfonamides is 2. The van der Waals surface area contributed by atoms with Gasteiger partial charge >= 0.3 is 0 Å². The Morgan fingerprint density at radius 1 is 0.967 bits per heavy atom. The molecule has 3 aliphatic rings. The fourth-order valence-corrected chi connectivity index (χ4v) is 9.18. The molecule has 30 heavy (non-hydrogen) atoms. The fourth-order valence-electron chi connectivity index (χ4n) is 5.56. The molecule has 0 radical (unpaired) electrons. The molecule has 2 atom stereocenters. The van der Waals surface area contributed by atoms with Gasteiger partial charge in [0, 0.05) is 38.0 Å². The summed E-state index contributed by atoms with van der Waals surface area (Å²) in [6.45, 7) is 6.39. The molecule has 0 spiro atoms. The van der Waals surface area contributed by atoms with Crippen molar-refractivity contribution in [3.05, 3.63) is 29.8 Å². The van der Waals surface area contributed by atoms with Gasteiger partial charge in [-0.3, -0.25) is 4.79 Å². The average molecular weight is 455 g/mol. The largest absolute Gasteiger partial charge is 0.299 e. The second-order valence-corrected chi connectivity index (χ2v) is 13.4. The first-order chi connectivity index (χ1) is 13.9. The highest BCUT2D eigenvalue weighted by molar-refractivity contribution is 7.89. The first kappa shape index (κ1) is 21.9. The van der Waals surface area contributed by atoms with Crippen molar-refractivity contribution in [1.82, 2.24) is 8.61 Å². The molecular formula is C21H30N2O5S2. The van der Waals surface area contributed by atoms with Crippen LogP contribution in [0.5, 0.6) is 0 Å². The zero-order valence-corrected chi connectivity index (χ0v) is 19.4. The molecule has 1 saturated heterocycles. The summed E-state index contributed by atoms with van der Waals surface area (Å²) in [7, 11) is -7.31. The standard InChI is InChI=1S/C21H30N2O5S2/c1-16-4-6-18(7-5-16)30(27,28)23-12-10-22(11-13-23)29(25,26)15-21-9-8-17(14-19(21)24)20(21,2)3/h4-7,17H,8-15H2,1-3H3. The number of ketones is 1. The molecule has 1 aromatic carbocycles. The van der Waals surface area contributed by atoms with Crippen LogP contribution in [0.15, 0.2) is 29.2 Å². The third-order valence-corrected chi connectivity index (χ3v) is 11.7. The highest BCUT2D eigenvalue weighted by Crippen LogP contribution is 2.64. The maximum atomic E-state index is 13.2. The van der Waals surface area contributed by atoms with E-state index in [4.69, 9.17) is 0 Å². The van der Waals surface area contributed by atoms with E-state index in [2.05, 4.69) is 0 Å². The Labute approximate surface area is 179 Å². The van der Waals surface area contributed by atoms with Crippen molar-refractivity contribution in [2.75, 3.05) is 31.9 Å². The van der Waals surface area contributed by atoms with Crippen molar-refractivity contribution < 1.29 is 21.6 Å². The maximum Gasteiger partial charge on any atom is 0.243 e. The average Bonchev–Trinajstić information content (AvgIpc) is 3.02. The van der Waals surface area contributed by atoms with Gasteiger partial charge in [-0.25, -0.2) is 16.8 Å². The molecular weight excluding hydrogens is 424 g/mol. The number of Topliss-reactive ketones (excluding diaryl/α,β-unsaturated/α-hetero) is 1. The summed E-state index contributed by atoms with van der Waals surface area (Å²) in [6, 6.07) is 6.67. The van der Waals surface area contributed by atoms with Gasteiger partial charge in [-0.1, -0.05) is 31.5 Å². The number of nitrogens with zero attached hydrogens (tertiary/aromatic N) is 2. The van der Waals surface area contributed by atoms with Crippen LogP contribution in [0.2, 0.25) is 0 Å². The highest BCUT2D eigenvalue weighted by atomic mass is 32.2. The lowest BCUT2D eigenvalue weighted by molar-refractivity contribution is -0.128. The summed E-state index contributed by atoms with van der Waals surface area (Å²) in [5.41, 5.74) is -0.141. The Hall–Kier alpha value is -1.29. The number of hydrogen-bond acceptors (Lipinski definition) is 5. The van der Waals surface area contributed by atoms with Crippen LogP contribution in [0.25, 0.3) is 0 Å². The van der Waals surface area contributed by atoms with Gasteiger partial charge in [-0.2, -0.15) is 8.61 Å². The van der Waals surface area contributed by atoms with Gasteiger partial charge in [0.2, 0.25) is 20.0 Å². The summed E-state index contributed by atoms with van der Waals surface area (Å²) in [5.74, 6) is 0.178. The number of fused-ring (bicyclic) bond motifs is 2. The van der Waals surface area contributed by atoms with E-state index in [1.165, 1.54) is 8.61 Å². The van der Waals surface area contributed by atoms with Crippen LogP contribution < -0.4 is 0 Å². The van der Waals surface area contributed by atoms with Gasteiger partial charge in [-0.05, 0) is 43.2 Å². The Bertz CT molecular complexity index is 1060. The van der Waals surface area contributed by atoms with Crippen LogP contribution in [-0.2, 0) is 24.8 Å². The Kier molecular flexibility index (Phi) is 5.20. The normalized spacial score (nSPS) is 30.1. The summed E-state index contributed by atoms with van der Waals surface area (Å²) in [5, 5.41) is 0. The van der Waals surface area contributed by atoms with Crippen molar-refractivity contribution in [3.8, 4) is 0 Å². The van der Waals surface area contributed by atoms with E-state index >= 15 is 0 Å². The molecule has 3 fully saturated rings. The number of hydrogen-bond donors (Lipinski definition) is 0. The number of carbonyl (C=O) groups excluding carboxylic acids is 1. The molecule has 2 unspecified atom stereocenters. The van der Waals surface area contributed by atoms with E-state index in [-0.39, 0.29) is 53.9 Å². The van der Waals surface area contributed by atoms with Gasteiger partial charge < -0.3 is 0 Å². The monoisotopic (exact) mass is 454 g/mol. The third kappa shape index (κ3) is 3.25. The highest BCUT2D eigenvalue weighted by Gasteiger charge is 2.65. The predicted octanol–water partition coefficient (Wildman–Crippen LogP) is 2.03. The number of benzene rings is 1. The van der Waals surface area contributed by atoms with Crippen molar-refractivity contribution >= 4 is 25.8 Å². The first-order valence-corrected chi connectivity index (χ1v) is 13.5. The maximum absolute atomic E-state index is 13.2. The zero-order valence-electron chi connectivity index (χ0n) is 17.8. The quantitative estimate of drug-likeness (QED) is 0.679. The number of aryl methyl sites for hydroxylation is 1. The SMILES string of the molecule is Cc1ccc(S(=O)(=O)N2CCN(S(=O)(=O)CC34CCC(CC3=O)C4(C)C)CC2)cc1. The lowest BCUT2D eigenvalue weighted by Crippen LogP contribution is -2.53. The van der Waals surface area contributed by atoms with E-state index in [9.17, 15) is 21.6 Å². The second-order valence-electron chi connectivity index (χ2n) is 9.54. The van der Waals surface area contributed by atoms with E-state index in [0.717, 1.165) is 12.0 Å². The van der Waals surface area contributed by atoms with Crippen LogP contribution in [0.4, 0.5) is 0 Å². The van der Waals surface area contributed by atoms with Crippen LogP contribution in [0, 0.1) is 23.7 Å². The Balaban J connectivity index is 1.47. The summed E-state index contributed by atoms with van der Waals surface area (Å²) < 4.78 is 54.9. The van der Waals surface area contributed by atoms with Gasteiger partial charge in [0.1, 0.15) is 5.78 Å². The van der Waals surface area contributed by atoms with Crippen molar-refractivity contribution in [3.63, 3.8) is 0 Å². The Morgan fingerprint density at radius 2 is 1.53 bits per heavy atom. The molecule has 0 aromatic heterocycles. The molecule has 1 aromatic rings. The van der Waals surface area contributed by atoms with Crippen LogP contribution >= 0.6 is 0 Å². The molecule has 0 N–H and O–H groups in total. The van der Waals surface area contributed by atoms with Gasteiger partial charge in [-0.15, -0.1) is 0 Å². The molecule has 9 heteroatoms. The number of rotatable bonds is 5. The molecule has 1 heterocycles. The van der Waals surface area contributed by atoms with E-state index in [1.807, 2.05) is 20.8 Å². The van der Waals surface area contributed by atoms with Crippen LogP contribution in [-0.4, -0.2) is 63.2 Å². The minimum absolute atomic E-state index is 0.0768. The topological polar surface area (TPSA) is 91.8 Å². The number of carbonyl (C=O) groups is 1. The molecule has 0 amide bonds. The molecule has 2 aliphatic carbocycles. The lowest BCUT2D eigenvalue weighted by atomic mass is 9.70. The van der Waals surface area contributed by atoms with E-state index < -0.39 is 25.5 Å². The Morgan fingerprint density at radius 3 is 2.03 bits per heavy atom.